The van der Waals surface area contributed by atoms with Crippen molar-refractivity contribution in [2.24, 2.45) is 0 Å². The average molecular weight is 207 g/mol. The van der Waals surface area contributed by atoms with E-state index in [4.69, 9.17) is 4.74 Å². The fourth-order valence-electron chi connectivity index (χ4n) is 1.88. The normalized spacial score (nSPS) is 17.4. The zero-order valence-corrected chi connectivity index (χ0v) is 9.07. The van der Waals surface area contributed by atoms with Gasteiger partial charge in [-0.25, -0.2) is 4.98 Å². The highest BCUT2D eigenvalue weighted by molar-refractivity contribution is 5.26. The molecule has 1 heterocycles. The van der Waals surface area contributed by atoms with Crippen molar-refractivity contribution < 1.29 is 4.74 Å². The van der Waals surface area contributed by atoms with Crippen LogP contribution in [-0.2, 0) is 0 Å². The SMILES string of the molecule is CNc1nccc(OC2CCCCC2)n1. The lowest BCUT2D eigenvalue weighted by atomic mass is 9.98. The molecule has 4 nitrogen and oxygen atoms in total. The molecule has 1 aromatic rings. The van der Waals surface area contributed by atoms with E-state index >= 15 is 0 Å². The molecule has 1 saturated carbocycles. The van der Waals surface area contributed by atoms with Crippen LogP contribution in [0.25, 0.3) is 0 Å². The predicted molar refractivity (Wildman–Crippen MR) is 59.1 cm³/mol. The van der Waals surface area contributed by atoms with Crippen molar-refractivity contribution in [3.63, 3.8) is 0 Å². The Morgan fingerprint density at radius 2 is 2.13 bits per heavy atom. The summed E-state index contributed by atoms with van der Waals surface area (Å²) in [7, 11) is 1.81. The van der Waals surface area contributed by atoms with Crippen LogP contribution in [0.1, 0.15) is 32.1 Å². The summed E-state index contributed by atoms with van der Waals surface area (Å²) in [6.45, 7) is 0. The van der Waals surface area contributed by atoms with E-state index in [-0.39, 0.29) is 0 Å². The highest BCUT2D eigenvalue weighted by Crippen LogP contribution is 2.22. The second-order valence-corrected chi connectivity index (χ2v) is 3.85. The third-order valence-corrected chi connectivity index (χ3v) is 2.69. The molecule has 1 aromatic heterocycles. The van der Waals surface area contributed by atoms with E-state index in [2.05, 4.69) is 15.3 Å². The Kier molecular flexibility index (Phi) is 3.37. The number of anilines is 1. The van der Waals surface area contributed by atoms with Gasteiger partial charge in [0.15, 0.2) is 0 Å². The molecule has 0 unspecified atom stereocenters. The van der Waals surface area contributed by atoms with Crippen molar-refractivity contribution in [1.82, 2.24) is 9.97 Å². The van der Waals surface area contributed by atoms with Gasteiger partial charge in [-0.05, 0) is 25.7 Å². The van der Waals surface area contributed by atoms with Crippen LogP contribution >= 0.6 is 0 Å². The van der Waals surface area contributed by atoms with E-state index in [1.54, 1.807) is 13.2 Å². The van der Waals surface area contributed by atoms with Crippen LogP contribution in [0.3, 0.4) is 0 Å². The lowest BCUT2D eigenvalue weighted by molar-refractivity contribution is 0.148. The van der Waals surface area contributed by atoms with Crippen molar-refractivity contribution in [2.75, 3.05) is 12.4 Å². The van der Waals surface area contributed by atoms with Gasteiger partial charge in [0.05, 0.1) is 0 Å². The van der Waals surface area contributed by atoms with Crippen molar-refractivity contribution >= 4 is 5.95 Å². The fourth-order valence-corrected chi connectivity index (χ4v) is 1.88. The number of aromatic nitrogens is 2. The summed E-state index contributed by atoms with van der Waals surface area (Å²) in [6, 6.07) is 1.81. The molecule has 1 aliphatic rings. The zero-order valence-electron chi connectivity index (χ0n) is 9.07. The van der Waals surface area contributed by atoms with Gasteiger partial charge in [-0.1, -0.05) is 6.42 Å². The molecule has 0 radical (unpaired) electrons. The lowest BCUT2D eigenvalue weighted by Gasteiger charge is -2.22. The van der Waals surface area contributed by atoms with Crippen LogP contribution in [0.2, 0.25) is 0 Å². The van der Waals surface area contributed by atoms with Crippen LogP contribution in [0, 0.1) is 0 Å². The Balaban J connectivity index is 1.96. The Hall–Kier alpha value is -1.32. The molecule has 1 fully saturated rings. The summed E-state index contributed by atoms with van der Waals surface area (Å²) in [6.07, 6.45) is 8.25. The minimum Gasteiger partial charge on any atom is -0.474 e. The number of nitrogens with zero attached hydrogens (tertiary/aromatic N) is 2. The van der Waals surface area contributed by atoms with E-state index in [0.717, 1.165) is 12.8 Å². The standard InChI is InChI=1S/C11H17N3O/c1-12-11-13-8-7-10(14-11)15-9-5-3-2-4-6-9/h7-9H,2-6H2,1H3,(H,12,13,14). The fraction of sp³-hybridized carbons (Fsp3) is 0.636. The van der Waals surface area contributed by atoms with Crippen LogP contribution < -0.4 is 10.1 Å². The molecular formula is C11H17N3O. The van der Waals surface area contributed by atoms with Crippen molar-refractivity contribution in [3.05, 3.63) is 12.3 Å². The molecule has 0 bridgehead atoms. The molecule has 82 valence electrons. The van der Waals surface area contributed by atoms with Crippen LogP contribution in [0.15, 0.2) is 12.3 Å². The van der Waals surface area contributed by atoms with Crippen molar-refractivity contribution in [3.8, 4) is 5.88 Å². The third kappa shape index (κ3) is 2.81. The molecule has 1 aliphatic carbocycles. The van der Waals surface area contributed by atoms with E-state index < -0.39 is 0 Å². The third-order valence-electron chi connectivity index (χ3n) is 2.69. The maximum Gasteiger partial charge on any atom is 0.225 e. The van der Waals surface area contributed by atoms with Crippen LogP contribution in [0.5, 0.6) is 5.88 Å². The van der Waals surface area contributed by atoms with E-state index in [9.17, 15) is 0 Å². The first kappa shape index (κ1) is 10.2. The summed E-state index contributed by atoms with van der Waals surface area (Å²) in [5, 5.41) is 2.90. The summed E-state index contributed by atoms with van der Waals surface area (Å²) >= 11 is 0. The topological polar surface area (TPSA) is 47.0 Å². The minimum atomic E-state index is 0.346. The van der Waals surface area contributed by atoms with Crippen molar-refractivity contribution in [2.45, 2.75) is 38.2 Å². The summed E-state index contributed by atoms with van der Waals surface area (Å²) in [5.41, 5.74) is 0. The monoisotopic (exact) mass is 207 g/mol. The first-order valence-electron chi connectivity index (χ1n) is 5.56. The number of hydrogen-bond donors (Lipinski definition) is 1. The van der Waals surface area contributed by atoms with Gasteiger partial charge >= 0.3 is 0 Å². The molecule has 0 aliphatic heterocycles. The smallest absolute Gasteiger partial charge is 0.225 e. The number of ether oxygens (including phenoxy) is 1. The summed E-state index contributed by atoms with van der Waals surface area (Å²) in [4.78, 5) is 8.29. The van der Waals surface area contributed by atoms with E-state index in [1.807, 2.05) is 6.07 Å². The molecule has 4 heteroatoms. The van der Waals surface area contributed by atoms with Gasteiger partial charge in [0.2, 0.25) is 11.8 Å². The highest BCUT2D eigenvalue weighted by atomic mass is 16.5. The molecular weight excluding hydrogens is 190 g/mol. The molecule has 0 amide bonds. The number of hydrogen-bond acceptors (Lipinski definition) is 4. The molecule has 0 aromatic carbocycles. The van der Waals surface area contributed by atoms with Gasteiger partial charge in [0.25, 0.3) is 0 Å². The first-order valence-corrected chi connectivity index (χ1v) is 5.56. The Labute approximate surface area is 90.1 Å². The van der Waals surface area contributed by atoms with Gasteiger partial charge in [-0.15, -0.1) is 0 Å². The van der Waals surface area contributed by atoms with Crippen LogP contribution in [0.4, 0.5) is 5.95 Å². The van der Waals surface area contributed by atoms with Gasteiger partial charge in [0, 0.05) is 19.3 Å². The second kappa shape index (κ2) is 4.96. The average Bonchev–Trinajstić information content (AvgIpc) is 2.31. The molecule has 0 saturated heterocycles. The Bertz CT molecular complexity index is 310. The predicted octanol–water partition coefficient (Wildman–Crippen LogP) is 2.23. The molecule has 0 atom stereocenters. The van der Waals surface area contributed by atoms with Gasteiger partial charge < -0.3 is 10.1 Å². The maximum atomic E-state index is 5.81. The quantitative estimate of drug-likeness (QED) is 0.825. The molecule has 2 rings (SSSR count). The second-order valence-electron chi connectivity index (χ2n) is 3.85. The minimum absolute atomic E-state index is 0.346. The summed E-state index contributed by atoms with van der Waals surface area (Å²) < 4.78 is 5.81. The molecule has 15 heavy (non-hydrogen) atoms. The molecule has 1 N–H and O–H groups in total. The van der Waals surface area contributed by atoms with E-state index in [1.165, 1.54) is 19.3 Å². The number of rotatable bonds is 3. The van der Waals surface area contributed by atoms with Gasteiger partial charge in [0.1, 0.15) is 6.10 Å². The van der Waals surface area contributed by atoms with Crippen LogP contribution in [-0.4, -0.2) is 23.1 Å². The largest absolute Gasteiger partial charge is 0.474 e. The lowest BCUT2D eigenvalue weighted by Crippen LogP contribution is -2.20. The first-order chi connectivity index (χ1) is 7.38. The Morgan fingerprint density at radius 1 is 1.33 bits per heavy atom. The van der Waals surface area contributed by atoms with Gasteiger partial charge in [-0.2, -0.15) is 4.98 Å². The van der Waals surface area contributed by atoms with Gasteiger partial charge in [-0.3, -0.25) is 0 Å². The van der Waals surface area contributed by atoms with Crippen molar-refractivity contribution in [1.29, 1.82) is 0 Å². The summed E-state index contributed by atoms with van der Waals surface area (Å²) in [5.74, 6) is 1.30. The zero-order chi connectivity index (χ0) is 10.5. The maximum absolute atomic E-state index is 5.81. The molecule has 0 spiro atoms. The van der Waals surface area contributed by atoms with E-state index in [0.29, 0.717) is 17.9 Å². The number of nitrogens with one attached hydrogen (secondary N) is 1. The highest BCUT2D eigenvalue weighted by Gasteiger charge is 2.15. The Morgan fingerprint density at radius 3 is 2.87 bits per heavy atom.